The van der Waals surface area contributed by atoms with Gasteiger partial charge in [-0.2, -0.15) is 10.4 Å². The first-order valence-corrected chi connectivity index (χ1v) is 18.0. The van der Waals surface area contributed by atoms with Gasteiger partial charge in [-0.15, -0.1) is 0 Å². The number of nitrogens with one attached hydrogen (secondary N) is 3. The van der Waals surface area contributed by atoms with Gasteiger partial charge >= 0.3 is 0 Å². The van der Waals surface area contributed by atoms with E-state index >= 15 is 0 Å². The number of hydrogen-bond donors (Lipinski definition) is 5. The number of ether oxygens (including phenoxy) is 1. The Labute approximate surface area is 309 Å². The number of aryl methyl sites for hydroxylation is 1. The molecule has 270 valence electrons. The number of likely N-dealkylation sites (tertiary alicyclic amines) is 1. The van der Waals surface area contributed by atoms with Crippen LogP contribution in [0, 0.1) is 16.7 Å². The van der Waals surface area contributed by atoms with Crippen LogP contribution in [0.1, 0.15) is 54.0 Å². The van der Waals surface area contributed by atoms with E-state index in [4.69, 9.17) is 26.8 Å². The first-order chi connectivity index (χ1) is 25.3. The van der Waals surface area contributed by atoms with Crippen molar-refractivity contribution in [3.63, 3.8) is 0 Å². The smallest absolute Gasteiger partial charge is 0.124 e. The van der Waals surface area contributed by atoms with E-state index in [1.807, 2.05) is 36.5 Å². The molecule has 0 spiro atoms. The second-order valence-corrected chi connectivity index (χ2v) is 13.9. The summed E-state index contributed by atoms with van der Waals surface area (Å²) in [4.78, 5) is 6.67. The van der Waals surface area contributed by atoms with Gasteiger partial charge in [0.1, 0.15) is 18.4 Å². The number of halogens is 1. The predicted molar refractivity (Wildman–Crippen MR) is 205 cm³/mol. The Balaban J connectivity index is 1.23. The molecule has 1 aliphatic heterocycles. The lowest BCUT2D eigenvalue weighted by Gasteiger charge is -2.27. The van der Waals surface area contributed by atoms with Gasteiger partial charge in [0, 0.05) is 71.0 Å². The van der Waals surface area contributed by atoms with E-state index in [2.05, 4.69) is 49.5 Å². The first-order valence-electron chi connectivity index (χ1n) is 17.6. The maximum absolute atomic E-state index is 9.82. The average molecular weight is 721 g/mol. The number of anilines is 1. The Hall–Kier alpha value is -4.83. The van der Waals surface area contributed by atoms with Crippen LogP contribution >= 0.6 is 11.6 Å². The van der Waals surface area contributed by atoms with Gasteiger partial charge in [0.15, 0.2) is 0 Å². The van der Waals surface area contributed by atoms with Crippen LogP contribution in [0.4, 0.5) is 5.69 Å². The van der Waals surface area contributed by atoms with Crippen molar-refractivity contribution in [3.8, 4) is 22.9 Å². The molecule has 11 nitrogen and oxygen atoms in total. The quantitative estimate of drug-likeness (QED) is 0.0714. The Bertz CT molecular complexity index is 2050. The van der Waals surface area contributed by atoms with Gasteiger partial charge in [0.25, 0.3) is 0 Å². The van der Waals surface area contributed by atoms with E-state index in [1.165, 1.54) is 38.3 Å². The topological polar surface area (TPSA) is 155 Å². The summed E-state index contributed by atoms with van der Waals surface area (Å²) in [6.07, 6.45) is 10.1. The highest BCUT2D eigenvalue weighted by atomic mass is 35.5. The molecule has 5 aromatic rings. The van der Waals surface area contributed by atoms with Gasteiger partial charge in [0.05, 0.1) is 36.0 Å². The molecule has 1 aliphatic rings. The molecule has 3 aromatic carbocycles. The lowest BCUT2D eigenvalue weighted by Crippen LogP contribution is -2.48. The fourth-order valence-corrected chi connectivity index (χ4v) is 6.82. The standard InChI is InChI=1S/C40H45ClN8O3/c1-40(26-50,27-51)46-23-31-16-36(41)30(17-39(31)52-25-29-15-28(18-42)20-44-21-29)22-45-37-9-4-7-32(34(37)19-43)33-8-5-10-38-35(33)24-47-49(38)14-6-13-48-11-2-3-12-48/h4-5,7-10,15-17,19-21,24,43,45-46,50-51H,2-3,6,11-14,22-23,25-27H2,1H3. The molecule has 0 aliphatic carbocycles. The largest absolute Gasteiger partial charge is 0.489 e. The fourth-order valence-electron chi connectivity index (χ4n) is 6.57. The summed E-state index contributed by atoms with van der Waals surface area (Å²) in [6, 6.07) is 19.7. The van der Waals surface area contributed by atoms with E-state index in [9.17, 15) is 15.5 Å². The minimum Gasteiger partial charge on any atom is -0.489 e. The monoisotopic (exact) mass is 720 g/mol. The molecule has 0 saturated carbocycles. The summed E-state index contributed by atoms with van der Waals surface area (Å²) < 4.78 is 8.36. The normalized spacial score (nSPS) is 13.4. The molecular formula is C40H45ClN8O3. The molecule has 1 saturated heterocycles. The van der Waals surface area contributed by atoms with Gasteiger partial charge in [-0.25, -0.2) is 0 Å². The van der Waals surface area contributed by atoms with Crippen molar-refractivity contribution in [2.24, 2.45) is 0 Å². The highest BCUT2D eigenvalue weighted by molar-refractivity contribution is 6.31. The third-order valence-electron chi connectivity index (χ3n) is 9.69. The maximum Gasteiger partial charge on any atom is 0.124 e. The maximum atomic E-state index is 9.82. The average Bonchev–Trinajstić information content (AvgIpc) is 3.86. The van der Waals surface area contributed by atoms with E-state index in [1.54, 1.807) is 19.2 Å². The van der Waals surface area contributed by atoms with Crippen LogP contribution in [0.15, 0.2) is 73.2 Å². The number of pyridine rings is 1. The Morgan fingerprint density at radius 3 is 2.56 bits per heavy atom. The van der Waals surface area contributed by atoms with Crippen molar-refractivity contribution in [2.45, 2.75) is 58.0 Å². The number of fused-ring (bicyclic) bond motifs is 1. The molecule has 12 heteroatoms. The van der Waals surface area contributed by atoms with Crippen LogP contribution in [0.2, 0.25) is 5.02 Å². The zero-order valence-electron chi connectivity index (χ0n) is 29.4. The van der Waals surface area contributed by atoms with Crippen LogP contribution in [0.5, 0.6) is 5.75 Å². The van der Waals surface area contributed by atoms with Gasteiger partial charge in [-0.3, -0.25) is 9.67 Å². The van der Waals surface area contributed by atoms with Gasteiger partial charge in [-0.05, 0) is 92.8 Å². The van der Waals surface area contributed by atoms with Crippen molar-refractivity contribution < 1.29 is 14.9 Å². The molecule has 6 rings (SSSR count). The molecule has 0 radical (unpaired) electrons. The van der Waals surface area contributed by atoms with Crippen molar-refractivity contribution in [2.75, 3.05) is 38.2 Å². The summed E-state index contributed by atoms with van der Waals surface area (Å²) in [5, 5.41) is 50.4. The highest BCUT2D eigenvalue weighted by Gasteiger charge is 2.23. The van der Waals surface area contributed by atoms with Crippen molar-refractivity contribution in [1.82, 2.24) is 25.0 Å². The first kappa shape index (κ1) is 36.9. The summed E-state index contributed by atoms with van der Waals surface area (Å²) >= 11 is 6.86. The third kappa shape index (κ3) is 8.61. The Morgan fingerprint density at radius 2 is 1.79 bits per heavy atom. The number of rotatable bonds is 17. The molecule has 0 atom stereocenters. The Morgan fingerprint density at radius 1 is 1.00 bits per heavy atom. The zero-order chi connectivity index (χ0) is 36.5. The van der Waals surface area contributed by atoms with Crippen molar-refractivity contribution in [1.29, 1.82) is 10.7 Å². The van der Waals surface area contributed by atoms with Crippen molar-refractivity contribution in [3.05, 3.63) is 106 Å². The minimum atomic E-state index is -0.903. The van der Waals surface area contributed by atoms with E-state index < -0.39 is 5.54 Å². The lowest BCUT2D eigenvalue weighted by atomic mass is 9.96. The molecule has 0 unspecified atom stereocenters. The highest BCUT2D eigenvalue weighted by Crippen LogP contribution is 2.35. The second-order valence-electron chi connectivity index (χ2n) is 13.5. The predicted octanol–water partition coefficient (Wildman–Crippen LogP) is 6.13. The van der Waals surface area contributed by atoms with E-state index in [-0.39, 0.29) is 26.4 Å². The van der Waals surface area contributed by atoms with Crippen LogP contribution in [0.25, 0.3) is 22.0 Å². The van der Waals surface area contributed by atoms with Crippen LogP contribution in [-0.2, 0) is 26.2 Å². The number of benzene rings is 3. The molecule has 0 bridgehead atoms. The summed E-state index contributed by atoms with van der Waals surface area (Å²) in [7, 11) is 0. The minimum absolute atomic E-state index is 0.169. The lowest BCUT2D eigenvalue weighted by molar-refractivity contribution is 0.103. The number of hydrogen-bond acceptors (Lipinski definition) is 10. The van der Waals surface area contributed by atoms with Gasteiger partial charge < -0.3 is 35.9 Å². The third-order valence-corrected chi connectivity index (χ3v) is 10.0. The fraction of sp³-hybridized carbons (Fsp3) is 0.350. The van der Waals surface area contributed by atoms with E-state index in [0.717, 1.165) is 69.5 Å². The summed E-state index contributed by atoms with van der Waals surface area (Å²) in [5.41, 5.74) is 6.34. The summed E-state index contributed by atoms with van der Waals surface area (Å²) in [6.45, 7) is 6.33. The molecule has 2 aromatic heterocycles. The second kappa shape index (κ2) is 17.1. The number of aromatic nitrogens is 3. The molecular weight excluding hydrogens is 676 g/mol. The zero-order valence-corrected chi connectivity index (χ0v) is 30.2. The Kier molecular flexibility index (Phi) is 12.2. The molecule has 5 N–H and O–H groups in total. The van der Waals surface area contributed by atoms with Crippen molar-refractivity contribution >= 4 is 34.4 Å². The van der Waals surface area contributed by atoms with Crippen LogP contribution in [0.3, 0.4) is 0 Å². The van der Waals surface area contributed by atoms with E-state index in [0.29, 0.717) is 22.9 Å². The number of nitriles is 1. The molecule has 0 amide bonds. The number of aliphatic hydroxyl groups is 2. The molecule has 52 heavy (non-hydrogen) atoms. The summed E-state index contributed by atoms with van der Waals surface area (Å²) in [5.74, 6) is 0.555. The number of aliphatic hydroxyl groups excluding tert-OH is 2. The molecule has 3 heterocycles. The van der Waals surface area contributed by atoms with Crippen LogP contribution in [-0.4, -0.2) is 74.5 Å². The van der Waals surface area contributed by atoms with Crippen LogP contribution < -0.4 is 15.4 Å². The van der Waals surface area contributed by atoms with Gasteiger partial charge in [-0.1, -0.05) is 35.9 Å². The van der Waals surface area contributed by atoms with Gasteiger partial charge in [0.2, 0.25) is 0 Å². The number of nitrogens with zero attached hydrogens (tertiary/aromatic N) is 5. The SMILES string of the molecule is CC(CO)(CO)NCc1cc(Cl)c(CNc2cccc(-c3cccc4c3cnn4CCCN3CCCC3)c2C=N)cc1OCc1cncc(C#N)c1. The molecule has 1 fully saturated rings.